The topological polar surface area (TPSA) is 98.2 Å². The van der Waals surface area contributed by atoms with Gasteiger partial charge in [0.1, 0.15) is 12.4 Å². The zero-order valence-corrected chi connectivity index (χ0v) is 9.61. The van der Waals surface area contributed by atoms with Gasteiger partial charge in [-0.1, -0.05) is 0 Å². The molecule has 0 amide bonds. The molecule has 0 saturated carbocycles. The van der Waals surface area contributed by atoms with Gasteiger partial charge >= 0.3 is 5.69 Å². The Morgan fingerprint density at radius 1 is 1.53 bits per heavy atom. The highest BCUT2D eigenvalue weighted by molar-refractivity contribution is 5.35. The van der Waals surface area contributed by atoms with Gasteiger partial charge in [0.25, 0.3) is 0 Å². The highest BCUT2D eigenvalue weighted by Crippen LogP contribution is 2.21. The van der Waals surface area contributed by atoms with Gasteiger partial charge in [0.05, 0.1) is 4.92 Å². The molecule has 1 fully saturated rings. The molecule has 0 radical (unpaired) electrons. The van der Waals surface area contributed by atoms with Crippen LogP contribution < -0.4 is 10.6 Å². The molecule has 1 aliphatic heterocycles. The number of rotatable bonds is 2. The number of nitro groups is 1. The minimum absolute atomic E-state index is 0.0879. The van der Waals surface area contributed by atoms with Crippen LogP contribution in [0.15, 0.2) is 12.4 Å². The highest BCUT2D eigenvalue weighted by Gasteiger charge is 2.25. The van der Waals surface area contributed by atoms with Gasteiger partial charge in [-0.25, -0.2) is 9.97 Å². The predicted octanol–water partition coefficient (Wildman–Crippen LogP) is 0.701. The van der Waals surface area contributed by atoms with E-state index in [1.165, 1.54) is 12.4 Å². The van der Waals surface area contributed by atoms with Crippen molar-refractivity contribution in [2.24, 2.45) is 5.73 Å². The maximum atomic E-state index is 10.5. The van der Waals surface area contributed by atoms with Gasteiger partial charge in [-0.3, -0.25) is 10.1 Å². The summed E-state index contributed by atoms with van der Waals surface area (Å²) >= 11 is 0. The summed E-state index contributed by atoms with van der Waals surface area (Å²) in [5.74, 6) is 0.537. The fourth-order valence-electron chi connectivity index (χ4n) is 2.06. The Morgan fingerprint density at radius 2 is 2.18 bits per heavy atom. The van der Waals surface area contributed by atoms with Gasteiger partial charge < -0.3 is 10.6 Å². The van der Waals surface area contributed by atoms with Crippen LogP contribution in [0.1, 0.15) is 19.8 Å². The zero-order valence-electron chi connectivity index (χ0n) is 9.61. The Kier molecular flexibility index (Phi) is 3.19. The summed E-state index contributed by atoms with van der Waals surface area (Å²) in [4.78, 5) is 20.1. The Bertz CT molecular complexity index is 408. The molecule has 2 unspecified atom stereocenters. The number of nitrogens with two attached hydrogens (primary N) is 1. The molecule has 17 heavy (non-hydrogen) atoms. The van der Waals surface area contributed by atoms with E-state index in [1.54, 1.807) is 0 Å². The summed E-state index contributed by atoms with van der Waals surface area (Å²) in [5, 5.41) is 10.5. The molecular formula is C10H15N5O2. The Balaban J connectivity index is 2.14. The van der Waals surface area contributed by atoms with E-state index in [-0.39, 0.29) is 17.8 Å². The largest absolute Gasteiger partial charge is 0.338 e. The smallest absolute Gasteiger partial charge is 0.305 e. The van der Waals surface area contributed by atoms with E-state index in [4.69, 9.17) is 5.73 Å². The second-order valence-electron chi connectivity index (χ2n) is 4.33. The fraction of sp³-hybridized carbons (Fsp3) is 0.600. The van der Waals surface area contributed by atoms with Gasteiger partial charge in [0, 0.05) is 18.6 Å². The predicted molar refractivity (Wildman–Crippen MR) is 62.7 cm³/mol. The number of hydrogen-bond acceptors (Lipinski definition) is 6. The minimum atomic E-state index is -0.501. The SMILES string of the molecule is CC1CC(N)CCN1c1ncc([N+](=O)[O-])cn1. The summed E-state index contributed by atoms with van der Waals surface area (Å²) < 4.78 is 0. The lowest BCUT2D eigenvalue weighted by Gasteiger charge is -2.36. The number of hydrogen-bond donors (Lipinski definition) is 1. The number of nitrogens with zero attached hydrogens (tertiary/aromatic N) is 4. The average Bonchev–Trinajstić information content (AvgIpc) is 2.29. The van der Waals surface area contributed by atoms with Crippen molar-refractivity contribution in [1.29, 1.82) is 0 Å². The molecule has 7 nitrogen and oxygen atoms in total. The molecule has 0 aliphatic carbocycles. The van der Waals surface area contributed by atoms with Gasteiger partial charge in [0.15, 0.2) is 0 Å². The maximum Gasteiger partial charge on any atom is 0.305 e. The third-order valence-corrected chi connectivity index (χ3v) is 3.01. The monoisotopic (exact) mass is 237 g/mol. The van der Waals surface area contributed by atoms with Crippen LogP contribution in [-0.2, 0) is 0 Å². The van der Waals surface area contributed by atoms with Crippen molar-refractivity contribution in [3.05, 3.63) is 22.5 Å². The molecule has 0 spiro atoms. The molecule has 92 valence electrons. The van der Waals surface area contributed by atoms with E-state index in [9.17, 15) is 10.1 Å². The standard InChI is InChI=1S/C10H15N5O2/c1-7-4-8(11)2-3-14(7)10-12-5-9(6-13-10)15(16)17/h5-8H,2-4,11H2,1H3. The number of aromatic nitrogens is 2. The third-order valence-electron chi connectivity index (χ3n) is 3.01. The molecule has 1 aromatic rings. The van der Waals surface area contributed by atoms with Crippen LogP contribution >= 0.6 is 0 Å². The lowest BCUT2D eigenvalue weighted by atomic mass is 10.00. The first-order chi connectivity index (χ1) is 8.08. The maximum absolute atomic E-state index is 10.5. The second-order valence-corrected chi connectivity index (χ2v) is 4.33. The third kappa shape index (κ3) is 2.50. The number of piperidine rings is 1. The van der Waals surface area contributed by atoms with E-state index < -0.39 is 4.92 Å². The Hall–Kier alpha value is -1.76. The van der Waals surface area contributed by atoms with Gasteiger partial charge in [-0.05, 0) is 19.8 Å². The minimum Gasteiger partial charge on any atom is -0.338 e. The first-order valence-corrected chi connectivity index (χ1v) is 5.56. The zero-order chi connectivity index (χ0) is 12.4. The van der Waals surface area contributed by atoms with Crippen molar-refractivity contribution in [3.63, 3.8) is 0 Å². The van der Waals surface area contributed by atoms with Crippen molar-refractivity contribution in [1.82, 2.24) is 9.97 Å². The van der Waals surface area contributed by atoms with Crippen molar-refractivity contribution in [3.8, 4) is 0 Å². The van der Waals surface area contributed by atoms with Gasteiger partial charge in [0.2, 0.25) is 5.95 Å². The van der Waals surface area contributed by atoms with Crippen LogP contribution in [0, 0.1) is 10.1 Å². The molecule has 1 aliphatic rings. The van der Waals surface area contributed by atoms with Crippen LogP contribution in [-0.4, -0.2) is 33.5 Å². The van der Waals surface area contributed by atoms with E-state index in [0.717, 1.165) is 19.4 Å². The van der Waals surface area contributed by atoms with Crippen molar-refractivity contribution in [2.45, 2.75) is 31.8 Å². The molecular weight excluding hydrogens is 222 g/mol. The average molecular weight is 237 g/mol. The van der Waals surface area contributed by atoms with Crippen LogP contribution in [0.3, 0.4) is 0 Å². The highest BCUT2D eigenvalue weighted by atomic mass is 16.6. The lowest BCUT2D eigenvalue weighted by Crippen LogP contribution is -2.46. The summed E-state index contributed by atoms with van der Waals surface area (Å²) in [6.45, 7) is 2.85. The summed E-state index contributed by atoms with van der Waals surface area (Å²) in [6.07, 6.45) is 4.26. The van der Waals surface area contributed by atoms with E-state index in [1.807, 2.05) is 4.90 Å². The van der Waals surface area contributed by atoms with Crippen molar-refractivity contribution < 1.29 is 4.92 Å². The Labute approximate surface area is 98.8 Å². The quantitative estimate of drug-likeness (QED) is 0.600. The summed E-state index contributed by atoms with van der Waals surface area (Å²) in [7, 11) is 0. The normalized spacial score (nSPS) is 24.7. The summed E-state index contributed by atoms with van der Waals surface area (Å²) in [6, 6.07) is 0.486. The van der Waals surface area contributed by atoms with E-state index in [2.05, 4.69) is 16.9 Å². The molecule has 2 rings (SSSR count). The molecule has 2 N–H and O–H groups in total. The van der Waals surface area contributed by atoms with Crippen LogP contribution in [0.5, 0.6) is 0 Å². The second kappa shape index (κ2) is 4.62. The fourth-order valence-corrected chi connectivity index (χ4v) is 2.06. The number of anilines is 1. The Morgan fingerprint density at radius 3 is 2.71 bits per heavy atom. The summed E-state index contributed by atoms with van der Waals surface area (Å²) in [5.41, 5.74) is 5.78. The lowest BCUT2D eigenvalue weighted by molar-refractivity contribution is -0.385. The van der Waals surface area contributed by atoms with Crippen molar-refractivity contribution >= 4 is 11.6 Å². The molecule has 2 heterocycles. The van der Waals surface area contributed by atoms with Crippen LogP contribution in [0.4, 0.5) is 11.6 Å². The molecule has 0 aromatic carbocycles. The molecule has 1 aromatic heterocycles. The molecule has 2 atom stereocenters. The van der Waals surface area contributed by atoms with Gasteiger partial charge in [-0.15, -0.1) is 0 Å². The molecule has 7 heteroatoms. The first kappa shape index (κ1) is 11.7. The van der Waals surface area contributed by atoms with E-state index in [0.29, 0.717) is 5.95 Å². The van der Waals surface area contributed by atoms with Crippen LogP contribution in [0.25, 0.3) is 0 Å². The van der Waals surface area contributed by atoms with E-state index >= 15 is 0 Å². The van der Waals surface area contributed by atoms with Gasteiger partial charge in [-0.2, -0.15) is 0 Å². The molecule has 1 saturated heterocycles. The first-order valence-electron chi connectivity index (χ1n) is 5.56. The van der Waals surface area contributed by atoms with Crippen LogP contribution in [0.2, 0.25) is 0 Å². The van der Waals surface area contributed by atoms with Crippen molar-refractivity contribution in [2.75, 3.05) is 11.4 Å². The molecule has 0 bridgehead atoms.